The van der Waals surface area contributed by atoms with Crippen molar-refractivity contribution in [2.24, 2.45) is 11.8 Å². The number of hydrogen-bond donors (Lipinski definition) is 1. The fourth-order valence-corrected chi connectivity index (χ4v) is 5.56. The van der Waals surface area contributed by atoms with Crippen LogP contribution in [0, 0.1) is 35.1 Å². The highest BCUT2D eigenvalue weighted by Gasteiger charge is 2.24. The van der Waals surface area contributed by atoms with Crippen molar-refractivity contribution >= 4 is 5.97 Å². The minimum atomic E-state index is -1.59. The molecule has 1 aliphatic carbocycles. The lowest BCUT2D eigenvalue weighted by atomic mass is 9.77. The number of carboxylic acids is 1. The Bertz CT molecular complexity index is 989. The molecule has 0 radical (unpaired) electrons. The molecule has 0 aromatic heterocycles. The van der Waals surface area contributed by atoms with Crippen molar-refractivity contribution in [3.05, 3.63) is 58.7 Å². The van der Waals surface area contributed by atoms with Crippen LogP contribution in [-0.4, -0.2) is 11.1 Å². The van der Waals surface area contributed by atoms with E-state index in [1.807, 2.05) is 0 Å². The van der Waals surface area contributed by atoms with Crippen molar-refractivity contribution < 1.29 is 27.5 Å². The van der Waals surface area contributed by atoms with Gasteiger partial charge >= 0.3 is 5.97 Å². The molecule has 198 valence electrons. The summed E-state index contributed by atoms with van der Waals surface area (Å²) in [7, 11) is 0. The number of benzene rings is 2. The maximum Gasteiger partial charge on any atom is 0.338 e. The highest BCUT2D eigenvalue weighted by atomic mass is 19.2. The minimum Gasteiger partial charge on any atom is -0.478 e. The lowest BCUT2D eigenvalue weighted by molar-refractivity contribution is 0.0691. The fourth-order valence-electron chi connectivity index (χ4n) is 5.56. The predicted molar refractivity (Wildman–Crippen MR) is 135 cm³/mol. The van der Waals surface area contributed by atoms with Gasteiger partial charge in [-0.3, -0.25) is 0 Å². The average Bonchev–Trinajstić information content (AvgIpc) is 2.86. The third-order valence-corrected chi connectivity index (χ3v) is 7.75. The van der Waals surface area contributed by atoms with E-state index in [1.54, 1.807) is 0 Å². The van der Waals surface area contributed by atoms with Crippen LogP contribution in [0.4, 0.5) is 17.6 Å². The molecule has 2 nitrogen and oxygen atoms in total. The van der Waals surface area contributed by atoms with Gasteiger partial charge in [0.05, 0.1) is 5.56 Å². The van der Waals surface area contributed by atoms with Crippen LogP contribution in [0.5, 0.6) is 0 Å². The molecule has 3 rings (SSSR count). The van der Waals surface area contributed by atoms with Gasteiger partial charge in [-0.15, -0.1) is 0 Å². The second kappa shape index (κ2) is 13.8. The normalized spacial score (nSPS) is 17.9. The predicted octanol–water partition coefficient (Wildman–Crippen LogP) is 9.49. The number of carboxylic acid groups (broad SMARTS) is 1. The van der Waals surface area contributed by atoms with E-state index in [1.165, 1.54) is 57.4 Å². The van der Waals surface area contributed by atoms with Crippen LogP contribution in [0.15, 0.2) is 24.3 Å². The number of rotatable bonds is 13. The van der Waals surface area contributed by atoms with Crippen LogP contribution in [0.1, 0.15) is 106 Å². The van der Waals surface area contributed by atoms with Crippen molar-refractivity contribution in [1.82, 2.24) is 0 Å². The lowest BCUT2D eigenvalue weighted by Crippen LogP contribution is -2.16. The van der Waals surface area contributed by atoms with E-state index in [2.05, 4.69) is 6.92 Å². The van der Waals surface area contributed by atoms with E-state index in [0.717, 1.165) is 49.8 Å². The summed E-state index contributed by atoms with van der Waals surface area (Å²) in [5, 5.41) is 9.36. The Morgan fingerprint density at radius 2 is 1.36 bits per heavy atom. The molecule has 2 aromatic carbocycles. The molecule has 1 fully saturated rings. The Morgan fingerprint density at radius 3 is 1.94 bits per heavy atom. The number of unbranched alkanes of at least 4 members (excludes halogenated alkanes) is 6. The molecule has 0 aliphatic heterocycles. The molecule has 0 atom stereocenters. The zero-order valence-corrected chi connectivity index (χ0v) is 21.2. The maximum atomic E-state index is 15.2. The van der Waals surface area contributed by atoms with Crippen molar-refractivity contribution in [1.29, 1.82) is 0 Å². The van der Waals surface area contributed by atoms with E-state index < -0.39 is 34.8 Å². The Labute approximate surface area is 212 Å². The number of halogens is 4. The largest absolute Gasteiger partial charge is 0.478 e. The first-order valence-corrected chi connectivity index (χ1v) is 13.5. The summed E-state index contributed by atoms with van der Waals surface area (Å²) in [5.41, 5.74) is -0.167. The van der Waals surface area contributed by atoms with Gasteiger partial charge in [0.2, 0.25) is 0 Å². The molecule has 0 spiro atoms. The topological polar surface area (TPSA) is 37.3 Å². The van der Waals surface area contributed by atoms with Crippen LogP contribution in [0.3, 0.4) is 0 Å². The molecule has 1 aliphatic rings. The van der Waals surface area contributed by atoms with E-state index in [9.17, 15) is 23.1 Å². The molecule has 0 unspecified atom stereocenters. The molecule has 0 amide bonds. The van der Waals surface area contributed by atoms with Crippen molar-refractivity contribution in [2.75, 3.05) is 0 Å². The molecule has 0 bridgehead atoms. The highest BCUT2D eigenvalue weighted by molar-refractivity contribution is 5.89. The zero-order valence-electron chi connectivity index (χ0n) is 21.2. The van der Waals surface area contributed by atoms with Gasteiger partial charge in [-0.05, 0) is 59.6 Å². The SMILES string of the molecule is CCCCCCCCCC1CCC(CCc2c(-c3cc(F)c(F)c(F)c3)ccc(C(=O)O)c2F)CC1. The number of aromatic carboxylic acids is 1. The molecule has 1 N–H and O–H groups in total. The second-order valence-corrected chi connectivity index (χ2v) is 10.3. The summed E-state index contributed by atoms with van der Waals surface area (Å²) in [6.45, 7) is 2.23. The second-order valence-electron chi connectivity index (χ2n) is 10.3. The molecular weight excluding hydrogens is 468 g/mol. The molecule has 6 heteroatoms. The minimum absolute atomic E-state index is 0.00404. The van der Waals surface area contributed by atoms with Gasteiger partial charge in [-0.1, -0.05) is 90.0 Å². The molecule has 0 heterocycles. The van der Waals surface area contributed by atoms with E-state index in [-0.39, 0.29) is 23.1 Å². The van der Waals surface area contributed by atoms with Gasteiger partial charge in [-0.2, -0.15) is 0 Å². The van der Waals surface area contributed by atoms with E-state index in [0.29, 0.717) is 12.3 Å². The standard InChI is InChI=1S/C30H38F4O2/c1-2-3-4-5-6-7-8-9-20-10-12-21(13-11-20)14-15-24-23(16-17-25(28(24)33)30(35)36)22-18-26(31)29(34)27(32)19-22/h16-21H,2-15H2,1H3,(H,35,36). The van der Waals surface area contributed by atoms with Crippen LogP contribution >= 0.6 is 0 Å². The first kappa shape index (κ1) is 28.2. The van der Waals surface area contributed by atoms with Gasteiger partial charge in [-0.25, -0.2) is 22.4 Å². The van der Waals surface area contributed by atoms with Gasteiger partial charge < -0.3 is 5.11 Å². The summed E-state index contributed by atoms with van der Waals surface area (Å²) < 4.78 is 56.4. The van der Waals surface area contributed by atoms with Crippen LogP contribution < -0.4 is 0 Å². The van der Waals surface area contributed by atoms with Gasteiger partial charge in [0.1, 0.15) is 5.82 Å². The Balaban J connectivity index is 1.59. The van der Waals surface area contributed by atoms with Gasteiger partial charge in [0.25, 0.3) is 0 Å². The van der Waals surface area contributed by atoms with E-state index >= 15 is 4.39 Å². The number of hydrogen-bond acceptors (Lipinski definition) is 1. The number of carbonyl (C=O) groups is 1. The maximum absolute atomic E-state index is 15.2. The smallest absolute Gasteiger partial charge is 0.338 e. The fraction of sp³-hybridized carbons (Fsp3) is 0.567. The molecular formula is C30H38F4O2. The van der Waals surface area contributed by atoms with E-state index in [4.69, 9.17) is 0 Å². The van der Waals surface area contributed by atoms with Crippen molar-refractivity contribution in [3.8, 4) is 11.1 Å². The highest BCUT2D eigenvalue weighted by Crippen LogP contribution is 2.36. The summed E-state index contributed by atoms with van der Waals surface area (Å²) in [6.07, 6.45) is 15.8. The Kier molecular flexibility index (Phi) is 10.8. The first-order chi connectivity index (χ1) is 17.3. The summed E-state index contributed by atoms with van der Waals surface area (Å²) in [4.78, 5) is 11.5. The van der Waals surface area contributed by atoms with Crippen LogP contribution in [-0.2, 0) is 6.42 Å². The summed E-state index contributed by atoms with van der Waals surface area (Å²) in [5.74, 6) is -5.46. The molecule has 1 saturated carbocycles. The Hall–Kier alpha value is -2.37. The molecule has 2 aromatic rings. The third kappa shape index (κ3) is 7.57. The third-order valence-electron chi connectivity index (χ3n) is 7.75. The monoisotopic (exact) mass is 506 g/mol. The van der Waals surface area contributed by atoms with Crippen LogP contribution in [0.25, 0.3) is 11.1 Å². The van der Waals surface area contributed by atoms with Gasteiger partial charge in [0.15, 0.2) is 17.5 Å². The first-order valence-electron chi connectivity index (χ1n) is 13.5. The quantitative estimate of drug-likeness (QED) is 0.167. The van der Waals surface area contributed by atoms with Gasteiger partial charge in [0, 0.05) is 0 Å². The average molecular weight is 507 g/mol. The lowest BCUT2D eigenvalue weighted by Gasteiger charge is -2.29. The molecule has 0 saturated heterocycles. The molecule has 36 heavy (non-hydrogen) atoms. The van der Waals surface area contributed by atoms with Crippen LogP contribution in [0.2, 0.25) is 0 Å². The zero-order chi connectivity index (χ0) is 26.1. The Morgan fingerprint density at radius 1 is 0.806 bits per heavy atom. The van der Waals surface area contributed by atoms with Crippen molar-refractivity contribution in [3.63, 3.8) is 0 Å². The summed E-state index contributed by atoms with van der Waals surface area (Å²) in [6, 6.07) is 4.09. The summed E-state index contributed by atoms with van der Waals surface area (Å²) >= 11 is 0. The van der Waals surface area contributed by atoms with Crippen molar-refractivity contribution in [2.45, 2.75) is 96.8 Å².